The van der Waals surface area contributed by atoms with Gasteiger partial charge in [0.05, 0.1) is 6.42 Å². The first-order valence-corrected chi connectivity index (χ1v) is 9.71. The highest BCUT2D eigenvalue weighted by atomic mass is 16.5. The van der Waals surface area contributed by atoms with E-state index in [1.54, 1.807) is 4.90 Å². The van der Waals surface area contributed by atoms with Gasteiger partial charge in [-0.2, -0.15) is 0 Å². The van der Waals surface area contributed by atoms with Gasteiger partial charge in [-0.25, -0.2) is 4.98 Å². The molecular formula is C23H22N2O4. The zero-order valence-corrected chi connectivity index (χ0v) is 16.0. The zero-order valence-electron chi connectivity index (χ0n) is 16.0. The Hall–Kier alpha value is -3.41. The van der Waals surface area contributed by atoms with Gasteiger partial charge in [0.1, 0.15) is 5.52 Å². The number of ether oxygens (including phenoxy) is 1. The molecule has 1 amide bonds. The monoisotopic (exact) mass is 390 g/mol. The van der Waals surface area contributed by atoms with Crippen LogP contribution in [0.5, 0.6) is 0 Å². The van der Waals surface area contributed by atoms with Gasteiger partial charge in [0, 0.05) is 19.5 Å². The summed E-state index contributed by atoms with van der Waals surface area (Å²) < 4.78 is 10.7. The van der Waals surface area contributed by atoms with Crippen molar-refractivity contribution >= 4 is 28.5 Å². The van der Waals surface area contributed by atoms with Crippen LogP contribution in [0, 0.1) is 0 Å². The van der Waals surface area contributed by atoms with E-state index in [4.69, 9.17) is 9.15 Å². The highest BCUT2D eigenvalue weighted by Gasteiger charge is 2.19. The number of hydrogen-bond acceptors (Lipinski definition) is 5. The van der Waals surface area contributed by atoms with E-state index in [1.165, 1.54) is 11.1 Å². The topological polar surface area (TPSA) is 72.6 Å². The van der Waals surface area contributed by atoms with E-state index in [0.29, 0.717) is 31.0 Å². The summed E-state index contributed by atoms with van der Waals surface area (Å²) in [5.41, 5.74) is 3.88. The summed E-state index contributed by atoms with van der Waals surface area (Å²) in [6, 6.07) is 17.6. The maximum Gasteiger partial charge on any atom is 0.306 e. The number of esters is 1. The fourth-order valence-corrected chi connectivity index (χ4v) is 3.35. The number of carbonyl (C=O) groups is 2. The Morgan fingerprint density at radius 1 is 1.07 bits per heavy atom. The van der Waals surface area contributed by atoms with Crippen LogP contribution in [0.15, 0.2) is 65.1 Å². The highest BCUT2D eigenvalue weighted by Crippen LogP contribution is 2.22. The van der Waals surface area contributed by atoms with Crippen molar-refractivity contribution in [3.63, 3.8) is 0 Å². The Morgan fingerprint density at radius 2 is 1.86 bits per heavy atom. The largest absolute Gasteiger partial charge is 0.456 e. The van der Waals surface area contributed by atoms with Gasteiger partial charge in [0.25, 0.3) is 5.91 Å². The Bertz CT molecular complexity index is 1010. The Labute approximate surface area is 168 Å². The van der Waals surface area contributed by atoms with Crippen LogP contribution in [0.1, 0.15) is 24.3 Å². The van der Waals surface area contributed by atoms with Crippen molar-refractivity contribution in [3.05, 3.63) is 72.1 Å². The van der Waals surface area contributed by atoms with Gasteiger partial charge in [0.15, 0.2) is 18.1 Å². The first-order valence-electron chi connectivity index (χ1n) is 9.71. The van der Waals surface area contributed by atoms with E-state index < -0.39 is 5.97 Å². The summed E-state index contributed by atoms with van der Waals surface area (Å²) in [6.45, 7) is 0.921. The summed E-state index contributed by atoms with van der Waals surface area (Å²) in [7, 11) is 0. The Balaban J connectivity index is 1.22. The molecule has 148 valence electrons. The number of fused-ring (bicyclic) bond motifs is 1. The molecule has 0 saturated carbocycles. The minimum Gasteiger partial charge on any atom is -0.456 e. The van der Waals surface area contributed by atoms with Crippen molar-refractivity contribution in [1.29, 1.82) is 0 Å². The molecule has 2 heterocycles. The molecule has 1 aliphatic heterocycles. The van der Waals surface area contributed by atoms with Crippen molar-refractivity contribution in [3.8, 4) is 0 Å². The molecule has 0 spiro atoms. The lowest BCUT2D eigenvalue weighted by Crippen LogP contribution is -2.37. The lowest BCUT2D eigenvalue weighted by molar-refractivity contribution is -0.151. The number of aromatic nitrogens is 1. The second-order valence-corrected chi connectivity index (χ2v) is 6.92. The third-order valence-corrected chi connectivity index (χ3v) is 4.94. The third-order valence-electron chi connectivity index (χ3n) is 4.94. The predicted molar refractivity (Wildman–Crippen MR) is 109 cm³/mol. The number of hydrogen-bond donors (Lipinski definition) is 0. The lowest BCUT2D eigenvalue weighted by atomic mass is 10.00. The number of nitrogens with zero attached hydrogens (tertiary/aromatic N) is 2. The molecule has 0 saturated heterocycles. The number of aryl methyl sites for hydroxylation is 1. The van der Waals surface area contributed by atoms with Gasteiger partial charge in [-0.1, -0.05) is 48.5 Å². The van der Waals surface area contributed by atoms with Crippen LogP contribution >= 0.6 is 0 Å². The Morgan fingerprint density at radius 3 is 2.62 bits per heavy atom. The summed E-state index contributed by atoms with van der Waals surface area (Å²) >= 11 is 0. The van der Waals surface area contributed by atoms with E-state index in [9.17, 15) is 9.59 Å². The minimum atomic E-state index is -0.432. The van der Waals surface area contributed by atoms with Gasteiger partial charge in [-0.15, -0.1) is 0 Å². The molecule has 6 nitrogen and oxygen atoms in total. The van der Waals surface area contributed by atoms with Crippen LogP contribution in [0.3, 0.4) is 0 Å². The van der Waals surface area contributed by atoms with Gasteiger partial charge >= 0.3 is 5.97 Å². The molecule has 4 rings (SSSR count). The van der Waals surface area contributed by atoms with Crippen LogP contribution < -0.4 is 0 Å². The van der Waals surface area contributed by atoms with Crippen LogP contribution in [0.25, 0.3) is 16.7 Å². The fourth-order valence-electron chi connectivity index (χ4n) is 3.35. The molecule has 0 radical (unpaired) electrons. The molecule has 0 aliphatic carbocycles. The molecule has 0 bridgehead atoms. The minimum absolute atomic E-state index is 0.123. The van der Waals surface area contributed by atoms with Crippen molar-refractivity contribution in [2.75, 3.05) is 19.7 Å². The van der Waals surface area contributed by atoms with Crippen LogP contribution in [-0.2, 0) is 20.7 Å². The number of amides is 1. The zero-order chi connectivity index (χ0) is 20.1. The molecule has 0 N–H and O–H groups in total. The molecular weight excluding hydrogens is 368 g/mol. The fraction of sp³-hybridized carbons (Fsp3) is 0.261. The molecule has 29 heavy (non-hydrogen) atoms. The molecule has 0 fully saturated rings. The SMILES string of the molecule is O=C(CCc1nc2ccccc2o1)OCC(=O)N1CC=C(c2ccccc2)CC1. The molecule has 1 aromatic heterocycles. The normalized spacial score (nSPS) is 13.9. The van der Waals surface area contributed by atoms with E-state index in [-0.39, 0.29) is 18.9 Å². The molecule has 3 aromatic rings. The maximum atomic E-state index is 12.3. The maximum absolute atomic E-state index is 12.3. The molecule has 0 atom stereocenters. The number of carbonyl (C=O) groups excluding carboxylic acids is 2. The molecule has 6 heteroatoms. The van der Waals surface area contributed by atoms with E-state index >= 15 is 0 Å². The smallest absolute Gasteiger partial charge is 0.306 e. The van der Waals surface area contributed by atoms with E-state index in [1.807, 2.05) is 42.5 Å². The van der Waals surface area contributed by atoms with E-state index in [0.717, 1.165) is 11.9 Å². The highest BCUT2D eigenvalue weighted by molar-refractivity contribution is 5.82. The van der Waals surface area contributed by atoms with Gasteiger partial charge < -0.3 is 14.1 Å². The average Bonchev–Trinajstić information content (AvgIpc) is 3.20. The van der Waals surface area contributed by atoms with Crippen LogP contribution in [0.4, 0.5) is 0 Å². The summed E-state index contributed by atoms with van der Waals surface area (Å²) in [6.07, 6.45) is 3.32. The quantitative estimate of drug-likeness (QED) is 0.601. The standard InChI is InChI=1S/C23H22N2O4/c26-22(25-14-12-18(13-15-25)17-6-2-1-3-7-17)16-28-23(27)11-10-21-24-19-8-4-5-9-20(19)29-21/h1-9,12H,10-11,13-16H2. The van der Waals surface area contributed by atoms with Crippen LogP contribution in [0.2, 0.25) is 0 Å². The van der Waals surface area contributed by atoms with Crippen molar-refractivity contribution in [1.82, 2.24) is 9.88 Å². The van der Waals surface area contributed by atoms with Crippen molar-refractivity contribution in [2.45, 2.75) is 19.3 Å². The molecule has 2 aromatic carbocycles. The number of oxazole rings is 1. The Kier molecular flexibility index (Phi) is 5.70. The lowest BCUT2D eigenvalue weighted by Gasteiger charge is -2.26. The predicted octanol–water partition coefficient (Wildman–Crippen LogP) is 3.62. The third kappa shape index (κ3) is 4.71. The number of benzene rings is 2. The number of para-hydroxylation sites is 2. The second kappa shape index (κ2) is 8.73. The molecule has 1 aliphatic rings. The van der Waals surface area contributed by atoms with Gasteiger partial charge in [-0.05, 0) is 29.7 Å². The number of rotatable bonds is 6. The summed E-state index contributed by atoms with van der Waals surface area (Å²) in [5.74, 6) is -0.120. The molecule has 0 unspecified atom stereocenters. The van der Waals surface area contributed by atoms with Gasteiger partial charge in [-0.3, -0.25) is 9.59 Å². The first kappa shape index (κ1) is 18.9. The van der Waals surface area contributed by atoms with Crippen LogP contribution in [-0.4, -0.2) is 41.5 Å². The van der Waals surface area contributed by atoms with Crippen molar-refractivity contribution in [2.24, 2.45) is 0 Å². The average molecular weight is 390 g/mol. The second-order valence-electron chi connectivity index (χ2n) is 6.92. The van der Waals surface area contributed by atoms with Gasteiger partial charge in [0.2, 0.25) is 0 Å². The summed E-state index contributed by atoms with van der Waals surface area (Å²) in [5, 5.41) is 0. The summed E-state index contributed by atoms with van der Waals surface area (Å²) in [4.78, 5) is 30.3. The van der Waals surface area contributed by atoms with Crippen molar-refractivity contribution < 1.29 is 18.7 Å². The first-order chi connectivity index (χ1) is 14.2. The van der Waals surface area contributed by atoms with E-state index in [2.05, 4.69) is 23.2 Å².